The average Bonchev–Trinajstić information content (AvgIpc) is 3.13. The van der Waals surface area contributed by atoms with E-state index < -0.39 is 0 Å². The number of methoxy groups -OCH3 is 2. The van der Waals surface area contributed by atoms with E-state index in [1.165, 1.54) is 11.8 Å². The number of unbranched alkanes of at least 4 members (excludes halogenated alkanes) is 1. The first-order valence-electron chi connectivity index (χ1n) is 9.63. The van der Waals surface area contributed by atoms with Gasteiger partial charge in [-0.25, -0.2) is 0 Å². The zero-order valence-electron chi connectivity index (χ0n) is 16.9. The van der Waals surface area contributed by atoms with Gasteiger partial charge in [-0.05, 0) is 24.6 Å². The molecule has 0 unspecified atom stereocenters. The Kier molecular flexibility index (Phi) is 7.04. The third-order valence-corrected chi connectivity index (χ3v) is 5.97. The third-order valence-electron chi connectivity index (χ3n) is 4.77. The van der Waals surface area contributed by atoms with Gasteiger partial charge in [0.2, 0.25) is 11.8 Å². The fourth-order valence-corrected chi connectivity index (χ4v) is 4.48. The molecule has 1 aliphatic rings. The molecule has 6 nitrogen and oxygen atoms in total. The molecule has 1 fully saturated rings. The Hall–Kier alpha value is -2.67. The van der Waals surface area contributed by atoms with Crippen molar-refractivity contribution in [3.8, 4) is 11.5 Å². The maximum atomic E-state index is 12.8. The Morgan fingerprint density at radius 3 is 2.72 bits per heavy atom. The van der Waals surface area contributed by atoms with Crippen LogP contribution in [0.1, 0.15) is 37.1 Å². The maximum absolute atomic E-state index is 12.8. The largest absolute Gasteiger partial charge is 0.497 e. The normalized spacial score (nSPS) is 16.0. The molecule has 29 heavy (non-hydrogen) atoms. The summed E-state index contributed by atoms with van der Waals surface area (Å²) in [6.07, 6.45) is 2.29. The van der Waals surface area contributed by atoms with Crippen molar-refractivity contribution in [2.75, 3.05) is 30.2 Å². The lowest BCUT2D eigenvalue weighted by molar-refractivity contribution is -0.116. The van der Waals surface area contributed by atoms with Gasteiger partial charge in [-0.15, -0.1) is 11.8 Å². The summed E-state index contributed by atoms with van der Waals surface area (Å²) >= 11 is 1.53. The van der Waals surface area contributed by atoms with Gasteiger partial charge < -0.3 is 14.8 Å². The van der Waals surface area contributed by atoms with Gasteiger partial charge in [0, 0.05) is 23.7 Å². The van der Waals surface area contributed by atoms with Crippen LogP contribution in [0.3, 0.4) is 0 Å². The smallest absolute Gasteiger partial charge is 0.238 e. The molecule has 7 heteroatoms. The van der Waals surface area contributed by atoms with Crippen molar-refractivity contribution in [1.29, 1.82) is 0 Å². The molecule has 3 rings (SSSR count). The number of hydrogen-bond acceptors (Lipinski definition) is 5. The second-order valence-electron chi connectivity index (χ2n) is 6.70. The molecular formula is C22H26N2O4S. The highest BCUT2D eigenvalue weighted by Gasteiger charge is 2.37. The highest BCUT2D eigenvalue weighted by molar-refractivity contribution is 8.00. The SMILES string of the molecule is CCCCC(=O)Nc1ccccc1[C@@H]1SCC(=O)N1c1cc(OC)ccc1OC. The highest BCUT2D eigenvalue weighted by Crippen LogP contribution is 2.47. The van der Waals surface area contributed by atoms with Crippen molar-refractivity contribution >= 4 is 35.0 Å². The molecule has 0 aliphatic carbocycles. The minimum Gasteiger partial charge on any atom is -0.497 e. The lowest BCUT2D eigenvalue weighted by Crippen LogP contribution is -2.29. The molecule has 0 spiro atoms. The first kappa shape index (κ1) is 21.0. The number of nitrogens with one attached hydrogen (secondary N) is 1. The molecule has 2 amide bonds. The van der Waals surface area contributed by atoms with Crippen molar-refractivity contribution in [3.05, 3.63) is 48.0 Å². The fourth-order valence-electron chi connectivity index (χ4n) is 3.28. The van der Waals surface area contributed by atoms with E-state index in [0.717, 1.165) is 24.1 Å². The quantitative estimate of drug-likeness (QED) is 0.683. The molecule has 0 bridgehead atoms. The van der Waals surface area contributed by atoms with Crippen LogP contribution in [-0.2, 0) is 9.59 Å². The van der Waals surface area contributed by atoms with E-state index in [4.69, 9.17) is 9.47 Å². The van der Waals surface area contributed by atoms with Crippen molar-refractivity contribution in [2.45, 2.75) is 31.6 Å². The van der Waals surface area contributed by atoms with Crippen LogP contribution in [0.2, 0.25) is 0 Å². The van der Waals surface area contributed by atoms with Crippen molar-refractivity contribution in [2.24, 2.45) is 0 Å². The molecule has 0 saturated carbocycles. The van der Waals surface area contributed by atoms with E-state index in [2.05, 4.69) is 12.2 Å². The van der Waals surface area contributed by atoms with E-state index >= 15 is 0 Å². The van der Waals surface area contributed by atoms with Gasteiger partial charge in [-0.1, -0.05) is 31.5 Å². The van der Waals surface area contributed by atoms with Gasteiger partial charge in [0.15, 0.2) is 0 Å². The molecule has 0 radical (unpaired) electrons. The number of ether oxygens (including phenoxy) is 2. The van der Waals surface area contributed by atoms with Gasteiger partial charge >= 0.3 is 0 Å². The van der Waals surface area contributed by atoms with Crippen LogP contribution in [0.5, 0.6) is 11.5 Å². The Labute approximate surface area is 175 Å². The summed E-state index contributed by atoms with van der Waals surface area (Å²) in [5.41, 5.74) is 2.27. The summed E-state index contributed by atoms with van der Waals surface area (Å²) in [4.78, 5) is 26.9. The van der Waals surface area contributed by atoms with E-state index in [-0.39, 0.29) is 17.2 Å². The number of nitrogens with zero attached hydrogens (tertiary/aromatic N) is 1. The number of anilines is 2. The first-order chi connectivity index (χ1) is 14.1. The minimum absolute atomic E-state index is 0.0147. The molecule has 2 aromatic rings. The summed E-state index contributed by atoms with van der Waals surface area (Å²) in [5, 5.41) is 2.74. The molecule has 2 aromatic carbocycles. The van der Waals surface area contributed by atoms with Crippen LogP contribution < -0.4 is 19.7 Å². The fraction of sp³-hybridized carbons (Fsp3) is 0.364. The predicted octanol–water partition coefficient (Wildman–Crippen LogP) is 4.61. The summed E-state index contributed by atoms with van der Waals surface area (Å²) in [6, 6.07) is 13.0. The standard InChI is InChI=1S/C22H26N2O4S/c1-4-5-10-20(25)23-17-9-7-6-8-16(17)22-24(21(26)14-29-22)18-13-15(27-2)11-12-19(18)28-3/h6-9,11-13,22H,4-5,10,14H2,1-3H3,(H,23,25)/t22-/m0/s1. The van der Waals surface area contributed by atoms with Gasteiger partial charge in [-0.2, -0.15) is 0 Å². The van der Waals surface area contributed by atoms with Gasteiger partial charge in [0.1, 0.15) is 16.9 Å². The number of rotatable bonds is 8. The zero-order chi connectivity index (χ0) is 20.8. The third kappa shape index (κ3) is 4.67. The maximum Gasteiger partial charge on any atom is 0.238 e. The highest BCUT2D eigenvalue weighted by atomic mass is 32.2. The molecule has 1 heterocycles. The summed E-state index contributed by atoms with van der Waals surface area (Å²) in [7, 11) is 3.17. The average molecular weight is 415 g/mol. The Balaban J connectivity index is 1.97. The van der Waals surface area contributed by atoms with Crippen molar-refractivity contribution in [3.63, 3.8) is 0 Å². The predicted molar refractivity (Wildman–Crippen MR) is 117 cm³/mol. The van der Waals surface area contributed by atoms with E-state index in [0.29, 0.717) is 29.4 Å². The van der Waals surface area contributed by atoms with Gasteiger partial charge in [0.05, 0.1) is 25.7 Å². The number of carbonyl (C=O) groups is 2. The number of para-hydroxylation sites is 1. The Bertz CT molecular complexity index is 887. The molecular weight excluding hydrogens is 388 g/mol. The van der Waals surface area contributed by atoms with Crippen LogP contribution in [0.15, 0.2) is 42.5 Å². The zero-order valence-corrected chi connectivity index (χ0v) is 17.8. The van der Waals surface area contributed by atoms with Crippen LogP contribution in [0.4, 0.5) is 11.4 Å². The van der Waals surface area contributed by atoms with E-state index in [1.807, 2.05) is 24.3 Å². The lowest BCUT2D eigenvalue weighted by atomic mass is 10.1. The molecule has 1 N–H and O–H groups in total. The number of benzene rings is 2. The number of thioether (sulfide) groups is 1. The first-order valence-corrected chi connectivity index (χ1v) is 10.7. The molecule has 0 aromatic heterocycles. The summed E-state index contributed by atoms with van der Waals surface area (Å²) in [5.74, 6) is 1.56. The number of amides is 2. The van der Waals surface area contributed by atoms with Crippen molar-refractivity contribution in [1.82, 2.24) is 0 Å². The van der Waals surface area contributed by atoms with Crippen LogP contribution in [0.25, 0.3) is 0 Å². The van der Waals surface area contributed by atoms with Crippen molar-refractivity contribution < 1.29 is 19.1 Å². The second-order valence-corrected chi connectivity index (χ2v) is 7.77. The Morgan fingerprint density at radius 2 is 2.00 bits per heavy atom. The molecule has 1 aliphatic heterocycles. The molecule has 1 saturated heterocycles. The number of hydrogen-bond donors (Lipinski definition) is 1. The summed E-state index contributed by atoms with van der Waals surface area (Å²) in [6.45, 7) is 2.06. The Morgan fingerprint density at radius 1 is 1.21 bits per heavy atom. The second kappa shape index (κ2) is 9.69. The van der Waals surface area contributed by atoms with E-state index in [9.17, 15) is 9.59 Å². The summed E-state index contributed by atoms with van der Waals surface area (Å²) < 4.78 is 10.8. The van der Waals surface area contributed by atoms with E-state index in [1.54, 1.807) is 37.3 Å². The van der Waals surface area contributed by atoms with Crippen LogP contribution in [0, 0.1) is 0 Å². The number of carbonyl (C=O) groups excluding carboxylic acids is 2. The van der Waals surface area contributed by atoms with Crippen LogP contribution >= 0.6 is 11.8 Å². The van der Waals surface area contributed by atoms with Gasteiger partial charge in [-0.3, -0.25) is 14.5 Å². The van der Waals surface area contributed by atoms with Crippen LogP contribution in [-0.4, -0.2) is 31.8 Å². The lowest BCUT2D eigenvalue weighted by Gasteiger charge is -2.27. The molecule has 1 atom stereocenters. The minimum atomic E-state index is -0.272. The molecule has 154 valence electrons. The monoisotopic (exact) mass is 414 g/mol. The topological polar surface area (TPSA) is 67.9 Å². The van der Waals surface area contributed by atoms with Gasteiger partial charge in [0.25, 0.3) is 0 Å².